The highest BCUT2D eigenvalue weighted by Crippen LogP contribution is 2.30. The van der Waals surface area contributed by atoms with Crippen molar-refractivity contribution < 1.29 is 18.8 Å². The number of rotatable bonds is 6. The van der Waals surface area contributed by atoms with Crippen LogP contribution in [0.3, 0.4) is 0 Å². The Hall–Kier alpha value is -3.22. The first-order valence-electron chi connectivity index (χ1n) is 9.69. The van der Waals surface area contributed by atoms with Crippen molar-refractivity contribution in [3.8, 4) is 0 Å². The molecule has 2 N–H and O–H groups in total. The molecule has 0 spiro atoms. The normalized spacial score (nSPS) is 19.1. The second-order valence-electron chi connectivity index (χ2n) is 7.46. The van der Waals surface area contributed by atoms with Gasteiger partial charge in [0.05, 0.1) is 11.8 Å². The van der Waals surface area contributed by atoms with Gasteiger partial charge in [0.1, 0.15) is 5.82 Å². The van der Waals surface area contributed by atoms with Crippen molar-refractivity contribution in [1.29, 1.82) is 0 Å². The van der Waals surface area contributed by atoms with Crippen molar-refractivity contribution in [2.24, 2.45) is 11.1 Å². The zero-order chi connectivity index (χ0) is 20.4. The summed E-state index contributed by atoms with van der Waals surface area (Å²) in [6, 6.07) is 13.2. The Morgan fingerprint density at radius 3 is 2.59 bits per heavy atom. The quantitative estimate of drug-likeness (QED) is 0.785. The molecule has 4 rings (SSSR count). The van der Waals surface area contributed by atoms with Gasteiger partial charge in [-0.3, -0.25) is 9.59 Å². The molecule has 0 aromatic heterocycles. The first kappa shape index (κ1) is 19.1. The van der Waals surface area contributed by atoms with Crippen LogP contribution in [0, 0.1) is 11.7 Å². The van der Waals surface area contributed by atoms with E-state index >= 15 is 0 Å². The minimum Gasteiger partial charge on any atom is -0.382 e. The third-order valence-corrected chi connectivity index (χ3v) is 5.10. The summed E-state index contributed by atoms with van der Waals surface area (Å²) in [5.41, 5.74) is 2.81. The van der Waals surface area contributed by atoms with E-state index in [9.17, 15) is 14.0 Å². The van der Waals surface area contributed by atoms with Crippen LogP contribution in [-0.4, -0.2) is 23.6 Å². The number of benzene rings is 2. The van der Waals surface area contributed by atoms with E-state index in [0.717, 1.165) is 24.1 Å². The first-order valence-corrected chi connectivity index (χ1v) is 9.69. The van der Waals surface area contributed by atoms with Gasteiger partial charge in [-0.15, -0.1) is 0 Å². The Labute approximate surface area is 168 Å². The fourth-order valence-corrected chi connectivity index (χ4v) is 3.19. The number of nitrogens with zero attached hydrogens (tertiary/aromatic N) is 1. The highest BCUT2D eigenvalue weighted by atomic mass is 19.1. The molecule has 0 radical (unpaired) electrons. The molecule has 1 aliphatic heterocycles. The molecule has 1 fully saturated rings. The van der Waals surface area contributed by atoms with E-state index in [0.29, 0.717) is 11.3 Å². The van der Waals surface area contributed by atoms with Gasteiger partial charge in [-0.25, -0.2) is 4.39 Å². The van der Waals surface area contributed by atoms with Crippen LogP contribution in [0.1, 0.15) is 43.4 Å². The van der Waals surface area contributed by atoms with Crippen molar-refractivity contribution in [3.05, 3.63) is 65.5 Å². The predicted molar refractivity (Wildman–Crippen MR) is 107 cm³/mol. The highest BCUT2D eigenvalue weighted by molar-refractivity contribution is 6.04. The van der Waals surface area contributed by atoms with Gasteiger partial charge in [0, 0.05) is 23.6 Å². The fraction of sp³-hybridized carbons (Fsp3) is 0.318. The minimum atomic E-state index is -0.743. The Morgan fingerprint density at radius 2 is 1.90 bits per heavy atom. The van der Waals surface area contributed by atoms with Crippen LogP contribution in [0.5, 0.6) is 0 Å². The molecule has 2 aromatic rings. The van der Waals surface area contributed by atoms with Crippen molar-refractivity contribution >= 4 is 23.2 Å². The van der Waals surface area contributed by atoms with Crippen LogP contribution in [-0.2, 0) is 14.4 Å². The SMILES string of the molecule is C[C@@H](NC(=O)[C@@H]1CC(c2cccc(F)c2)=NO1)c1ccc(NC(=O)C2CC2)cc1. The number of amides is 2. The van der Waals surface area contributed by atoms with Gasteiger partial charge >= 0.3 is 0 Å². The third kappa shape index (κ3) is 4.62. The molecule has 29 heavy (non-hydrogen) atoms. The lowest BCUT2D eigenvalue weighted by molar-refractivity contribution is -0.131. The first-order chi connectivity index (χ1) is 14.0. The molecule has 2 aliphatic rings. The van der Waals surface area contributed by atoms with E-state index in [1.807, 2.05) is 31.2 Å². The second kappa shape index (κ2) is 8.03. The summed E-state index contributed by atoms with van der Waals surface area (Å²) < 4.78 is 13.4. The molecule has 1 saturated carbocycles. The van der Waals surface area contributed by atoms with Crippen molar-refractivity contribution in [2.45, 2.75) is 38.3 Å². The zero-order valence-corrected chi connectivity index (χ0v) is 16.0. The van der Waals surface area contributed by atoms with Gasteiger partial charge in [-0.05, 0) is 49.6 Å². The molecule has 0 unspecified atom stereocenters. The van der Waals surface area contributed by atoms with Gasteiger partial charge in [0.2, 0.25) is 12.0 Å². The van der Waals surface area contributed by atoms with E-state index < -0.39 is 6.10 Å². The summed E-state index contributed by atoms with van der Waals surface area (Å²) in [7, 11) is 0. The van der Waals surface area contributed by atoms with Crippen molar-refractivity contribution in [3.63, 3.8) is 0 Å². The summed E-state index contributed by atoms with van der Waals surface area (Å²) >= 11 is 0. The van der Waals surface area contributed by atoms with Crippen LogP contribution in [0.25, 0.3) is 0 Å². The minimum absolute atomic E-state index is 0.0617. The van der Waals surface area contributed by atoms with Crippen LogP contribution in [0.4, 0.5) is 10.1 Å². The second-order valence-corrected chi connectivity index (χ2v) is 7.46. The Bertz CT molecular complexity index is 954. The lowest BCUT2D eigenvalue weighted by Gasteiger charge is -2.17. The standard InChI is InChI=1S/C22H22FN3O3/c1-13(14-7-9-18(10-8-14)25-21(27)15-5-6-15)24-22(28)20-12-19(26-29-20)16-3-2-4-17(23)11-16/h2-4,7-11,13,15,20H,5-6,12H2,1H3,(H,24,28)(H,25,27)/t13-,20+/m1/s1. The van der Waals surface area contributed by atoms with E-state index in [1.165, 1.54) is 12.1 Å². The smallest absolute Gasteiger partial charge is 0.264 e. The van der Waals surface area contributed by atoms with Gasteiger partial charge in [0.25, 0.3) is 5.91 Å². The Morgan fingerprint density at radius 1 is 1.14 bits per heavy atom. The summed E-state index contributed by atoms with van der Waals surface area (Å²) in [6.45, 7) is 1.87. The molecule has 2 amide bonds. The van der Waals surface area contributed by atoms with E-state index in [2.05, 4.69) is 15.8 Å². The summed E-state index contributed by atoms with van der Waals surface area (Å²) in [6.07, 6.45) is 1.46. The lowest BCUT2D eigenvalue weighted by Crippen LogP contribution is -2.36. The van der Waals surface area contributed by atoms with Crippen LogP contribution in [0.15, 0.2) is 53.7 Å². The largest absolute Gasteiger partial charge is 0.382 e. The molecule has 1 heterocycles. The maximum atomic E-state index is 13.4. The van der Waals surface area contributed by atoms with Gasteiger partial charge in [-0.1, -0.05) is 29.4 Å². The molecule has 6 nitrogen and oxygen atoms in total. The summed E-state index contributed by atoms with van der Waals surface area (Å²) in [5.74, 6) is -0.423. The van der Waals surface area contributed by atoms with Crippen LogP contribution < -0.4 is 10.6 Å². The molecule has 2 atom stereocenters. The van der Waals surface area contributed by atoms with Crippen LogP contribution in [0.2, 0.25) is 0 Å². The number of anilines is 1. The maximum Gasteiger partial charge on any atom is 0.264 e. The number of hydrogen-bond donors (Lipinski definition) is 2. The monoisotopic (exact) mass is 395 g/mol. The molecule has 1 aliphatic carbocycles. The van der Waals surface area contributed by atoms with E-state index in [-0.39, 0.29) is 36.0 Å². The predicted octanol–water partition coefficient (Wildman–Crippen LogP) is 3.54. The highest BCUT2D eigenvalue weighted by Gasteiger charge is 2.30. The van der Waals surface area contributed by atoms with Crippen LogP contribution >= 0.6 is 0 Å². The lowest BCUT2D eigenvalue weighted by atomic mass is 10.0. The van der Waals surface area contributed by atoms with Crippen molar-refractivity contribution in [1.82, 2.24) is 5.32 Å². The number of carbonyl (C=O) groups is 2. The zero-order valence-electron chi connectivity index (χ0n) is 16.0. The summed E-state index contributed by atoms with van der Waals surface area (Å²) in [5, 5.41) is 9.74. The third-order valence-electron chi connectivity index (χ3n) is 5.10. The molecule has 0 saturated heterocycles. The molecular formula is C22H22FN3O3. The van der Waals surface area contributed by atoms with Gasteiger partial charge in [0.15, 0.2) is 0 Å². The molecular weight excluding hydrogens is 373 g/mol. The average molecular weight is 395 g/mol. The average Bonchev–Trinajstić information content (AvgIpc) is 3.45. The van der Waals surface area contributed by atoms with E-state index in [4.69, 9.17) is 4.84 Å². The number of oxime groups is 1. The number of hydrogen-bond acceptors (Lipinski definition) is 4. The Balaban J connectivity index is 1.31. The fourth-order valence-electron chi connectivity index (χ4n) is 3.19. The molecule has 150 valence electrons. The maximum absolute atomic E-state index is 13.4. The molecule has 0 bridgehead atoms. The van der Waals surface area contributed by atoms with E-state index in [1.54, 1.807) is 12.1 Å². The molecule has 2 aromatic carbocycles. The Kier molecular flexibility index (Phi) is 5.29. The topological polar surface area (TPSA) is 79.8 Å². The van der Waals surface area contributed by atoms with Gasteiger partial charge < -0.3 is 15.5 Å². The number of carbonyl (C=O) groups excluding carboxylic acids is 2. The van der Waals surface area contributed by atoms with Gasteiger partial charge in [-0.2, -0.15) is 0 Å². The number of halogens is 1. The molecule has 7 heteroatoms. The summed E-state index contributed by atoms with van der Waals surface area (Å²) in [4.78, 5) is 29.6. The van der Waals surface area contributed by atoms with Crippen molar-refractivity contribution in [2.75, 3.05) is 5.32 Å². The number of nitrogens with one attached hydrogen (secondary N) is 2.